The van der Waals surface area contributed by atoms with Gasteiger partial charge < -0.3 is 9.80 Å². The standard InChI is InChI=1S/C14H20F3N3O2/c1-18(2)7-4-8-19(3)10-11-5-6-12(20(21)22)9-13(11)14(15,16)17/h5-6,9H,4,7-8,10H2,1-3H3. The van der Waals surface area contributed by atoms with Crippen LogP contribution in [0.2, 0.25) is 0 Å². The predicted octanol–water partition coefficient (Wildman–Crippen LogP) is 3.00. The Morgan fingerprint density at radius 3 is 2.32 bits per heavy atom. The van der Waals surface area contributed by atoms with Gasteiger partial charge in [-0.05, 0) is 46.2 Å². The highest BCUT2D eigenvalue weighted by molar-refractivity contribution is 5.41. The quantitative estimate of drug-likeness (QED) is 0.573. The molecule has 1 aromatic rings. The van der Waals surface area contributed by atoms with Crippen LogP contribution in [0.5, 0.6) is 0 Å². The fourth-order valence-corrected chi connectivity index (χ4v) is 2.11. The van der Waals surface area contributed by atoms with Crippen LogP contribution in [0.3, 0.4) is 0 Å². The van der Waals surface area contributed by atoms with Gasteiger partial charge in [-0.25, -0.2) is 0 Å². The second kappa shape index (κ2) is 7.55. The third-order valence-corrected chi connectivity index (χ3v) is 3.20. The lowest BCUT2D eigenvalue weighted by Gasteiger charge is -2.20. The number of halogens is 3. The first-order chi connectivity index (χ1) is 10.1. The number of nitrogens with zero attached hydrogens (tertiary/aromatic N) is 3. The predicted molar refractivity (Wildman–Crippen MR) is 77.6 cm³/mol. The van der Waals surface area contributed by atoms with Crippen molar-refractivity contribution in [3.63, 3.8) is 0 Å². The molecule has 0 aromatic heterocycles. The maximum absolute atomic E-state index is 13.1. The van der Waals surface area contributed by atoms with E-state index in [1.807, 2.05) is 19.0 Å². The molecular formula is C14H20F3N3O2. The molecule has 0 heterocycles. The number of hydrogen-bond acceptors (Lipinski definition) is 4. The molecule has 0 fully saturated rings. The summed E-state index contributed by atoms with van der Waals surface area (Å²) in [5.41, 5.74) is -1.45. The van der Waals surface area contributed by atoms with E-state index in [4.69, 9.17) is 0 Å². The third kappa shape index (κ3) is 5.61. The first kappa shape index (κ1) is 18.4. The summed E-state index contributed by atoms with van der Waals surface area (Å²) in [6.07, 6.45) is -3.77. The maximum atomic E-state index is 13.1. The summed E-state index contributed by atoms with van der Waals surface area (Å²) in [4.78, 5) is 13.6. The van der Waals surface area contributed by atoms with Crippen LogP contribution in [0.25, 0.3) is 0 Å². The number of non-ortho nitro benzene ring substituents is 1. The van der Waals surface area contributed by atoms with Crippen LogP contribution >= 0.6 is 0 Å². The fourth-order valence-electron chi connectivity index (χ4n) is 2.11. The summed E-state index contributed by atoms with van der Waals surface area (Å²) in [7, 11) is 5.59. The van der Waals surface area contributed by atoms with E-state index in [0.29, 0.717) is 12.6 Å². The lowest BCUT2D eigenvalue weighted by atomic mass is 10.1. The van der Waals surface area contributed by atoms with Gasteiger partial charge in [-0.2, -0.15) is 13.2 Å². The number of rotatable bonds is 7. The van der Waals surface area contributed by atoms with E-state index in [1.165, 1.54) is 6.07 Å². The molecule has 0 spiro atoms. The fraction of sp³-hybridized carbons (Fsp3) is 0.571. The number of nitro groups is 1. The zero-order valence-electron chi connectivity index (χ0n) is 12.9. The van der Waals surface area contributed by atoms with Crippen molar-refractivity contribution in [3.05, 3.63) is 39.4 Å². The zero-order chi connectivity index (χ0) is 16.9. The van der Waals surface area contributed by atoms with Crippen LogP contribution in [-0.4, -0.2) is 49.0 Å². The highest BCUT2D eigenvalue weighted by Crippen LogP contribution is 2.34. The van der Waals surface area contributed by atoms with Gasteiger partial charge >= 0.3 is 6.18 Å². The highest BCUT2D eigenvalue weighted by Gasteiger charge is 2.35. The number of alkyl halides is 3. The molecule has 22 heavy (non-hydrogen) atoms. The van der Waals surface area contributed by atoms with Crippen LogP contribution in [0.15, 0.2) is 18.2 Å². The third-order valence-electron chi connectivity index (χ3n) is 3.20. The molecule has 8 heteroatoms. The SMILES string of the molecule is CN(C)CCCN(C)Cc1ccc([N+](=O)[O-])cc1C(F)(F)F. The molecule has 0 saturated heterocycles. The average Bonchev–Trinajstić information content (AvgIpc) is 2.37. The van der Waals surface area contributed by atoms with Gasteiger partial charge in [0.1, 0.15) is 0 Å². The van der Waals surface area contributed by atoms with E-state index in [1.54, 1.807) is 11.9 Å². The van der Waals surface area contributed by atoms with E-state index < -0.39 is 22.4 Å². The van der Waals surface area contributed by atoms with E-state index >= 15 is 0 Å². The molecule has 124 valence electrons. The molecule has 5 nitrogen and oxygen atoms in total. The largest absolute Gasteiger partial charge is 0.416 e. The smallest absolute Gasteiger partial charge is 0.309 e. The van der Waals surface area contributed by atoms with Crippen molar-refractivity contribution >= 4 is 5.69 Å². The molecule has 0 amide bonds. The van der Waals surface area contributed by atoms with Crippen LogP contribution in [0.1, 0.15) is 17.5 Å². The van der Waals surface area contributed by atoms with E-state index in [9.17, 15) is 23.3 Å². The number of nitro benzene ring substituents is 1. The second-order valence-electron chi connectivity index (χ2n) is 5.49. The average molecular weight is 319 g/mol. The summed E-state index contributed by atoms with van der Waals surface area (Å²) < 4.78 is 39.2. The summed E-state index contributed by atoms with van der Waals surface area (Å²) in [6.45, 7) is 1.59. The van der Waals surface area contributed by atoms with Gasteiger partial charge in [0.25, 0.3) is 5.69 Å². The summed E-state index contributed by atoms with van der Waals surface area (Å²) in [5.74, 6) is 0. The summed E-state index contributed by atoms with van der Waals surface area (Å²) >= 11 is 0. The van der Waals surface area contributed by atoms with Gasteiger partial charge in [-0.3, -0.25) is 10.1 Å². The van der Waals surface area contributed by atoms with Gasteiger partial charge in [-0.15, -0.1) is 0 Å². The first-order valence-corrected chi connectivity index (χ1v) is 6.79. The molecule has 0 aliphatic heterocycles. The molecule has 0 bridgehead atoms. The van der Waals surface area contributed by atoms with Crippen LogP contribution in [-0.2, 0) is 12.7 Å². The first-order valence-electron chi connectivity index (χ1n) is 6.79. The molecule has 1 aromatic carbocycles. The van der Waals surface area contributed by atoms with Crippen molar-refractivity contribution in [2.24, 2.45) is 0 Å². The molecule has 0 aliphatic rings. The molecule has 0 unspecified atom stereocenters. The lowest BCUT2D eigenvalue weighted by Crippen LogP contribution is -2.24. The highest BCUT2D eigenvalue weighted by atomic mass is 19.4. The Labute approximate surface area is 127 Å². The Kier molecular flexibility index (Phi) is 6.31. The second-order valence-corrected chi connectivity index (χ2v) is 5.49. The van der Waals surface area contributed by atoms with Crippen molar-refractivity contribution in [1.29, 1.82) is 0 Å². The minimum absolute atomic E-state index is 0.0467. The van der Waals surface area contributed by atoms with E-state index in [2.05, 4.69) is 0 Å². The Bertz CT molecular complexity index is 519. The Balaban J connectivity index is 2.87. The van der Waals surface area contributed by atoms with Crippen molar-refractivity contribution in [2.45, 2.75) is 19.1 Å². The van der Waals surface area contributed by atoms with Crippen molar-refractivity contribution in [1.82, 2.24) is 9.80 Å². The molecular weight excluding hydrogens is 299 g/mol. The van der Waals surface area contributed by atoms with Gasteiger partial charge in [0, 0.05) is 18.7 Å². The maximum Gasteiger partial charge on any atom is 0.416 e. The minimum Gasteiger partial charge on any atom is -0.309 e. The van der Waals surface area contributed by atoms with E-state index in [0.717, 1.165) is 19.0 Å². The minimum atomic E-state index is -4.61. The van der Waals surface area contributed by atoms with Gasteiger partial charge in [0.2, 0.25) is 0 Å². The molecule has 0 aliphatic carbocycles. The monoisotopic (exact) mass is 319 g/mol. The Hall–Kier alpha value is -1.67. The molecule has 1 rings (SSSR count). The number of benzene rings is 1. The van der Waals surface area contributed by atoms with Crippen molar-refractivity contribution in [3.8, 4) is 0 Å². The molecule has 0 radical (unpaired) electrons. The lowest BCUT2D eigenvalue weighted by molar-refractivity contribution is -0.385. The van der Waals surface area contributed by atoms with Crippen molar-refractivity contribution in [2.75, 3.05) is 34.2 Å². The van der Waals surface area contributed by atoms with Gasteiger partial charge in [0.15, 0.2) is 0 Å². The molecule has 0 N–H and O–H groups in total. The van der Waals surface area contributed by atoms with Crippen LogP contribution in [0, 0.1) is 10.1 Å². The molecule has 0 saturated carbocycles. The summed E-state index contributed by atoms with van der Waals surface area (Å²) in [6, 6.07) is 2.89. The van der Waals surface area contributed by atoms with Gasteiger partial charge in [0.05, 0.1) is 10.5 Å². The Morgan fingerprint density at radius 2 is 1.82 bits per heavy atom. The number of hydrogen-bond donors (Lipinski definition) is 0. The normalized spacial score (nSPS) is 12.2. The topological polar surface area (TPSA) is 49.6 Å². The van der Waals surface area contributed by atoms with Gasteiger partial charge in [-0.1, -0.05) is 6.07 Å². The summed E-state index contributed by atoms with van der Waals surface area (Å²) in [5, 5.41) is 10.6. The van der Waals surface area contributed by atoms with Crippen LogP contribution < -0.4 is 0 Å². The molecule has 0 atom stereocenters. The van der Waals surface area contributed by atoms with Crippen molar-refractivity contribution < 1.29 is 18.1 Å². The Morgan fingerprint density at radius 1 is 1.18 bits per heavy atom. The van der Waals surface area contributed by atoms with Crippen LogP contribution in [0.4, 0.5) is 18.9 Å². The zero-order valence-corrected chi connectivity index (χ0v) is 12.9. The van der Waals surface area contributed by atoms with E-state index in [-0.39, 0.29) is 12.1 Å².